The number of pyridine rings is 2. The van der Waals surface area contributed by atoms with E-state index in [1.165, 1.54) is 73.8 Å². The standard InChI is InChI=1S/C21H13FN2O3S.C20H13N3O4S.C20H13N3O3S/c22-15-10-8-13(9-11-15)18(25)19-17(16-7-4-12-27-16)23-21(28-19)24-20(26)14-5-2-1-3-6-14;24-15-9-8-13(11-21-15)19(26)23-20-22-16(14-7-4-10-27-14)18(28-20)17(25)12-5-2-1-3-6-12;24-17(13-5-2-1-3-6-13)18-16(15-7-4-12-26-15)22-20(27-18)23-19(25)14-8-10-21-11-9-14/h1-12H,(H,23,24,26);1-11H,(H,21,24)(H,22,23,26);1-12H,(H,22,23,25). The van der Waals surface area contributed by atoms with Gasteiger partial charge in [-0.3, -0.25) is 54.5 Å². The Hall–Kier alpha value is -10.9. The summed E-state index contributed by atoms with van der Waals surface area (Å²) in [4.78, 5) is 108. The molecule has 0 fully saturated rings. The molecule has 12 aromatic rings. The number of nitrogens with one attached hydrogen (secondary N) is 4. The smallest absolute Gasteiger partial charge is 0.258 e. The molecule has 0 saturated carbocycles. The first-order valence-corrected chi connectivity index (χ1v) is 27.1. The highest BCUT2D eigenvalue weighted by molar-refractivity contribution is 7.19. The lowest BCUT2D eigenvalue weighted by atomic mass is 10.1. The Labute approximate surface area is 481 Å². The number of anilines is 3. The van der Waals surface area contributed by atoms with Crippen LogP contribution in [-0.2, 0) is 0 Å². The number of aromatic amines is 1. The number of H-pyrrole nitrogens is 1. The Bertz CT molecular complexity index is 4250. The highest BCUT2D eigenvalue weighted by atomic mass is 32.1. The van der Waals surface area contributed by atoms with Crippen LogP contribution in [0.5, 0.6) is 0 Å². The number of aromatic nitrogens is 5. The first-order valence-electron chi connectivity index (χ1n) is 24.7. The van der Waals surface area contributed by atoms with Gasteiger partial charge in [0.2, 0.25) is 22.9 Å². The van der Waals surface area contributed by atoms with Gasteiger partial charge in [-0.05, 0) is 91.0 Å². The van der Waals surface area contributed by atoms with Crippen LogP contribution in [0.1, 0.15) is 76.8 Å². The summed E-state index contributed by atoms with van der Waals surface area (Å²) < 4.78 is 29.4. The number of nitrogens with zero attached hydrogens (tertiary/aromatic N) is 4. The molecule has 0 saturated heterocycles. The van der Waals surface area contributed by atoms with E-state index < -0.39 is 11.7 Å². The molecule has 0 bridgehead atoms. The summed E-state index contributed by atoms with van der Waals surface area (Å²) in [6.45, 7) is 0. The number of carbonyl (C=O) groups excluding carboxylic acids is 6. The lowest BCUT2D eigenvalue weighted by Crippen LogP contribution is -2.14. The molecule has 18 nitrogen and oxygen atoms in total. The summed E-state index contributed by atoms with van der Waals surface area (Å²) in [7, 11) is 0. The predicted octanol–water partition coefficient (Wildman–Crippen LogP) is 12.9. The molecule has 0 spiro atoms. The van der Waals surface area contributed by atoms with Crippen LogP contribution in [0.15, 0.2) is 231 Å². The van der Waals surface area contributed by atoms with Crippen molar-refractivity contribution in [1.82, 2.24) is 24.9 Å². The van der Waals surface area contributed by atoms with Crippen LogP contribution < -0.4 is 21.5 Å². The molecular formula is C61H39FN8O10S3. The van der Waals surface area contributed by atoms with Crippen LogP contribution in [0.3, 0.4) is 0 Å². The second-order valence-electron chi connectivity index (χ2n) is 17.2. The molecule has 4 N–H and O–H groups in total. The first-order chi connectivity index (χ1) is 40.4. The Balaban J connectivity index is 0.000000139. The van der Waals surface area contributed by atoms with Crippen LogP contribution in [0.2, 0.25) is 0 Å². The van der Waals surface area contributed by atoms with E-state index in [9.17, 15) is 38.0 Å². The van der Waals surface area contributed by atoms with Crippen molar-refractivity contribution in [1.29, 1.82) is 0 Å². The molecule has 0 aliphatic carbocycles. The molecule has 0 unspecified atom stereocenters. The molecule has 8 heterocycles. The van der Waals surface area contributed by atoms with Crippen molar-refractivity contribution in [3.8, 4) is 34.4 Å². The van der Waals surface area contributed by atoms with Crippen LogP contribution in [-0.4, -0.2) is 60.0 Å². The van der Waals surface area contributed by atoms with Gasteiger partial charge in [0.1, 0.15) is 37.5 Å². The number of halogens is 1. The molecule has 12 rings (SSSR count). The van der Waals surface area contributed by atoms with Gasteiger partial charge in [-0.15, -0.1) is 0 Å². The molecule has 0 aliphatic heterocycles. The van der Waals surface area contributed by atoms with Crippen molar-refractivity contribution in [3.05, 3.63) is 277 Å². The average Bonchev–Trinajstić information content (AvgIpc) is 4.58. The molecule has 0 atom stereocenters. The van der Waals surface area contributed by atoms with Gasteiger partial charge in [0.15, 0.2) is 32.7 Å². The van der Waals surface area contributed by atoms with Gasteiger partial charge in [-0.2, -0.15) is 0 Å². The number of rotatable bonds is 15. The van der Waals surface area contributed by atoms with Crippen LogP contribution >= 0.6 is 34.0 Å². The minimum absolute atomic E-state index is 0.177. The summed E-state index contributed by atoms with van der Waals surface area (Å²) in [5.74, 6) is -0.950. The predicted molar refractivity (Wildman–Crippen MR) is 311 cm³/mol. The van der Waals surface area contributed by atoms with Gasteiger partial charge in [0.25, 0.3) is 17.7 Å². The van der Waals surface area contributed by atoms with Crippen molar-refractivity contribution in [2.45, 2.75) is 0 Å². The monoisotopic (exact) mass is 1160 g/mol. The minimum Gasteiger partial charge on any atom is -0.463 e. The third-order valence-electron chi connectivity index (χ3n) is 11.6. The van der Waals surface area contributed by atoms with E-state index in [1.807, 2.05) is 18.2 Å². The molecule has 0 radical (unpaired) electrons. The Kier molecular flexibility index (Phi) is 17.3. The number of ketones is 3. The van der Waals surface area contributed by atoms with Gasteiger partial charge in [0.05, 0.1) is 24.4 Å². The lowest BCUT2D eigenvalue weighted by Gasteiger charge is -2.00. The SMILES string of the molecule is O=C(Nc1nc(-c2ccco2)c(C(=O)c2ccc(F)cc2)s1)c1ccccc1.O=C(Nc1nc(-c2ccco2)c(C(=O)c2ccccc2)s1)c1ccc(=O)[nH]c1.O=C(Nc1nc(-c2ccco2)c(C(=O)c2ccccc2)s1)c1ccncc1. The number of carbonyl (C=O) groups is 6. The molecule has 83 heavy (non-hydrogen) atoms. The summed E-state index contributed by atoms with van der Waals surface area (Å²) in [5.41, 5.74) is 3.36. The van der Waals surface area contributed by atoms with E-state index in [1.54, 1.807) is 121 Å². The molecule has 22 heteroatoms. The average molecular weight is 1160 g/mol. The highest BCUT2D eigenvalue weighted by Crippen LogP contribution is 2.36. The van der Waals surface area contributed by atoms with Crippen LogP contribution in [0.25, 0.3) is 34.4 Å². The zero-order valence-corrected chi connectivity index (χ0v) is 45.1. The Morgan fingerprint density at radius 1 is 0.398 bits per heavy atom. The van der Waals surface area contributed by atoms with E-state index in [4.69, 9.17) is 13.3 Å². The number of hydrogen-bond acceptors (Lipinski definition) is 17. The molecule has 3 amide bonds. The highest BCUT2D eigenvalue weighted by Gasteiger charge is 2.27. The number of benzene rings is 4. The van der Waals surface area contributed by atoms with E-state index in [-0.39, 0.29) is 50.5 Å². The minimum atomic E-state index is -0.449. The van der Waals surface area contributed by atoms with Crippen molar-refractivity contribution in [3.63, 3.8) is 0 Å². The summed E-state index contributed by atoms with van der Waals surface area (Å²) in [6, 6.07) is 47.8. The maximum Gasteiger partial charge on any atom is 0.258 e. The van der Waals surface area contributed by atoms with Crippen molar-refractivity contribution >= 4 is 84.5 Å². The van der Waals surface area contributed by atoms with Gasteiger partial charge in [0, 0.05) is 52.5 Å². The fourth-order valence-electron chi connectivity index (χ4n) is 7.65. The molecule has 8 aromatic heterocycles. The Morgan fingerprint density at radius 3 is 1.11 bits per heavy atom. The normalized spacial score (nSPS) is 10.6. The number of amides is 3. The summed E-state index contributed by atoms with van der Waals surface area (Å²) in [5, 5.41) is 8.95. The van der Waals surface area contributed by atoms with E-state index >= 15 is 0 Å². The van der Waals surface area contributed by atoms with E-state index in [0.717, 1.165) is 34.0 Å². The maximum atomic E-state index is 13.2. The first kappa shape index (κ1) is 55.4. The van der Waals surface area contributed by atoms with Gasteiger partial charge < -0.3 is 18.2 Å². The van der Waals surface area contributed by atoms with Crippen LogP contribution in [0.4, 0.5) is 19.8 Å². The summed E-state index contributed by atoms with van der Waals surface area (Å²) in [6.07, 6.45) is 8.87. The summed E-state index contributed by atoms with van der Waals surface area (Å²) >= 11 is 3.22. The zero-order valence-electron chi connectivity index (χ0n) is 42.7. The fourth-order valence-corrected chi connectivity index (χ4v) is 10.4. The quantitative estimate of drug-likeness (QED) is 0.0696. The lowest BCUT2D eigenvalue weighted by molar-refractivity contribution is 0.101. The number of furan rings is 3. The number of hydrogen-bond donors (Lipinski definition) is 4. The number of thiazole rings is 3. The van der Waals surface area contributed by atoms with Gasteiger partial charge >= 0.3 is 0 Å². The van der Waals surface area contributed by atoms with E-state index in [0.29, 0.717) is 81.9 Å². The third kappa shape index (κ3) is 13.6. The largest absolute Gasteiger partial charge is 0.463 e. The fraction of sp³-hybridized carbons (Fsp3) is 0. The molecular weight excluding hydrogens is 1120 g/mol. The second-order valence-corrected chi connectivity index (χ2v) is 20.2. The second kappa shape index (κ2) is 25.9. The van der Waals surface area contributed by atoms with Gasteiger partial charge in [-0.1, -0.05) is 113 Å². The van der Waals surface area contributed by atoms with Crippen LogP contribution in [0, 0.1) is 5.82 Å². The topological polar surface area (TPSA) is 262 Å². The molecule has 0 aliphatic rings. The van der Waals surface area contributed by atoms with Crippen molar-refractivity contribution < 1.29 is 46.4 Å². The zero-order chi connectivity index (χ0) is 57.7. The Morgan fingerprint density at radius 2 is 0.747 bits per heavy atom. The third-order valence-corrected chi connectivity index (χ3v) is 14.5. The van der Waals surface area contributed by atoms with Crippen molar-refractivity contribution in [2.24, 2.45) is 0 Å². The van der Waals surface area contributed by atoms with E-state index in [2.05, 4.69) is 40.9 Å². The molecule has 4 aromatic carbocycles. The molecule has 408 valence electrons. The van der Waals surface area contributed by atoms with Gasteiger partial charge in [-0.25, -0.2) is 19.3 Å². The van der Waals surface area contributed by atoms with Crippen molar-refractivity contribution in [2.75, 3.05) is 16.0 Å². The maximum absolute atomic E-state index is 13.2.